The molecule has 1 aromatic carbocycles. The van der Waals surface area contributed by atoms with E-state index < -0.39 is 0 Å². The van der Waals surface area contributed by atoms with Crippen molar-refractivity contribution in [2.24, 2.45) is 0 Å². The number of fused-ring (bicyclic) bond motifs is 1. The van der Waals surface area contributed by atoms with Gasteiger partial charge in [0.2, 0.25) is 0 Å². The van der Waals surface area contributed by atoms with Crippen LogP contribution in [0.25, 0.3) is 0 Å². The van der Waals surface area contributed by atoms with Crippen LogP contribution in [0, 0.1) is 6.92 Å². The van der Waals surface area contributed by atoms with Crippen molar-refractivity contribution in [3.8, 4) is 0 Å². The molecule has 2 aromatic rings. The number of aryl methyl sites for hydroxylation is 3. The van der Waals surface area contributed by atoms with E-state index in [4.69, 9.17) is 0 Å². The van der Waals surface area contributed by atoms with Crippen LogP contribution in [0.1, 0.15) is 33.7 Å². The molecule has 3 rings (SSSR count). The van der Waals surface area contributed by atoms with E-state index in [1.165, 1.54) is 17.5 Å². The molecule has 18 heavy (non-hydrogen) atoms. The first-order valence-electron chi connectivity index (χ1n) is 6.37. The maximum atomic E-state index is 12.2. The summed E-state index contributed by atoms with van der Waals surface area (Å²) in [5.41, 5.74) is 3.58. The second kappa shape index (κ2) is 4.41. The third-order valence-corrected chi connectivity index (χ3v) is 3.66. The average Bonchev–Trinajstić information content (AvgIpc) is 2.98. The minimum absolute atomic E-state index is 0.158. The lowest BCUT2D eigenvalue weighted by atomic mass is 10.0. The number of aromatic nitrogens is 2. The van der Waals surface area contributed by atoms with Crippen LogP contribution in [-0.4, -0.2) is 15.3 Å². The number of imidazole rings is 1. The summed E-state index contributed by atoms with van der Waals surface area (Å²) in [4.78, 5) is 16.3. The molecule has 0 fully saturated rings. The number of nitrogens with zero attached hydrogens (tertiary/aromatic N) is 2. The van der Waals surface area contributed by atoms with Gasteiger partial charge in [0.25, 0.3) is 0 Å². The molecule has 1 aromatic heterocycles. The molecule has 3 heteroatoms. The zero-order valence-electron chi connectivity index (χ0n) is 10.5. The summed E-state index contributed by atoms with van der Waals surface area (Å²) < 4.78 is 1.88. The predicted octanol–water partition coefficient (Wildman–Crippen LogP) is 2.56. The molecule has 0 saturated heterocycles. The smallest absolute Gasteiger partial charge is 0.182 e. The molecule has 1 aliphatic carbocycles. The van der Waals surface area contributed by atoms with Crippen LogP contribution in [-0.2, 0) is 19.4 Å². The van der Waals surface area contributed by atoms with Gasteiger partial charge < -0.3 is 4.57 Å². The summed E-state index contributed by atoms with van der Waals surface area (Å²) in [5, 5.41) is 0. The van der Waals surface area contributed by atoms with E-state index in [2.05, 4.69) is 17.1 Å². The standard InChI is InChI=1S/C15H16N2O/c1-11-16-7-8-17(11)10-15(18)14-6-5-12-3-2-4-13(12)9-14/h5-9H,2-4,10H2,1H3. The summed E-state index contributed by atoms with van der Waals surface area (Å²) in [7, 11) is 0. The Morgan fingerprint density at radius 1 is 1.33 bits per heavy atom. The highest BCUT2D eigenvalue weighted by molar-refractivity contribution is 5.96. The lowest BCUT2D eigenvalue weighted by molar-refractivity contribution is 0.0971. The quantitative estimate of drug-likeness (QED) is 0.773. The van der Waals surface area contributed by atoms with Gasteiger partial charge in [0.1, 0.15) is 5.82 Å². The Morgan fingerprint density at radius 2 is 2.17 bits per heavy atom. The van der Waals surface area contributed by atoms with Gasteiger partial charge in [-0.15, -0.1) is 0 Å². The van der Waals surface area contributed by atoms with E-state index in [9.17, 15) is 4.79 Å². The van der Waals surface area contributed by atoms with E-state index in [1.54, 1.807) is 6.20 Å². The van der Waals surface area contributed by atoms with Gasteiger partial charge >= 0.3 is 0 Å². The molecule has 0 bridgehead atoms. The van der Waals surface area contributed by atoms with E-state index in [0.717, 1.165) is 24.2 Å². The maximum absolute atomic E-state index is 12.2. The molecule has 92 valence electrons. The van der Waals surface area contributed by atoms with Gasteiger partial charge in [-0.05, 0) is 43.4 Å². The van der Waals surface area contributed by atoms with Crippen LogP contribution in [0.15, 0.2) is 30.6 Å². The van der Waals surface area contributed by atoms with Gasteiger partial charge in [-0.1, -0.05) is 12.1 Å². The summed E-state index contributed by atoms with van der Waals surface area (Å²) >= 11 is 0. The Hall–Kier alpha value is -1.90. The van der Waals surface area contributed by atoms with Gasteiger partial charge in [0.15, 0.2) is 5.78 Å². The fourth-order valence-electron chi connectivity index (χ4n) is 2.56. The van der Waals surface area contributed by atoms with Gasteiger partial charge in [-0.3, -0.25) is 4.79 Å². The number of carbonyl (C=O) groups excluding carboxylic acids is 1. The van der Waals surface area contributed by atoms with E-state index in [1.807, 2.05) is 23.8 Å². The normalized spacial score (nSPS) is 13.6. The number of hydrogen-bond acceptors (Lipinski definition) is 2. The lowest BCUT2D eigenvalue weighted by Gasteiger charge is -2.06. The molecule has 0 atom stereocenters. The first-order valence-corrected chi connectivity index (χ1v) is 6.37. The molecular formula is C15H16N2O. The van der Waals surface area contributed by atoms with Crippen LogP contribution < -0.4 is 0 Å². The van der Waals surface area contributed by atoms with Crippen molar-refractivity contribution in [1.29, 1.82) is 0 Å². The van der Waals surface area contributed by atoms with Crippen molar-refractivity contribution in [3.63, 3.8) is 0 Å². The molecule has 0 saturated carbocycles. The van der Waals surface area contributed by atoms with Crippen LogP contribution in [0.4, 0.5) is 0 Å². The van der Waals surface area contributed by atoms with Crippen LogP contribution in [0.2, 0.25) is 0 Å². The number of benzene rings is 1. The van der Waals surface area contributed by atoms with Crippen molar-refractivity contribution < 1.29 is 4.79 Å². The number of hydrogen-bond donors (Lipinski definition) is 0. The SMILES string of the molecule is Cc1nccn1CC(=O)c1ccc2c(c1)CCC2. The van der Waals surface area contributed by atoms with Gasteiger partial charge in [-0.2, -0.15) is 0 Å². The van der Waals surface area contributed by atoms with Crippen molar-refractivity contribution in [2.45, 2.75) is 32.7 Å². The third kappa shape index (κ3) is 1.96. The molecule has 0 radical (unpaired) electrons. The Bertz CT molecular complexity index is 598. The Kier molecular flexibility index (Phi) is 2.74. The Labute approximate surface area is 106 Å². The van der Waals surface area contributed by atoms with Gasteiger partial charge in [0, 0.05) is 18.0 Å². The van der Waals surface area contributed by atoms with Crippen LogP contribution >= 0.6 is 0 Å². The van der Waals surface area contributed by atoms with E-state index in [-0.39, 0.29) is 5.78 Å². The molecule has 1 heterocycles. The number of ketones is 1. The van der Waals surface area contributed by atoms with E-state index >= 15 is 0 Å². The zero-order chi connectivity index (χ0) is 12.5. The molecular weight excluding hydrogens is 224 g/mol. The largest absolute Gasteiger partial charge is 0.327 e. The Balaban J connectivity index is 1.83. The summed E-state index contributed by atoms with van der Waals surface area (Å²) in [6.45, 7) is 2.29. The van der Waals surface area contributed by atoms with E-state index in [0.29, 0.717) is 6.54 Å². The van der Waals surface area contributed by atoms with Crippen molar-refractivity contribution in [1.82, 2.24) is 9.55 Å². The van der Waals surface area contributed by atoms with Gasteiger partial charge in [0.05, 0.1) is 6.54 Å². The van der Waals surface area contributed by atoms with Crippen LogP contribution in [0.5, 0.6) is 0 Å². The summed E-state index contributed by atoms with van der Waals surface area (Å²) in [6, 6.07) is 6.13. The number of Topliss-reactive ketones (excluding diaryl/α,β-unsaturated/α-hetero) is 1. The first kappa shape index (κ1) is 11.2. The fraction of sp³-hybridized carbons (Fsp3) is 0.333. The topological polar surface area (TPSA) is 34.9 Å². The van der Waals surface area contributed by atoms with Crippen molar-refractivity contribution >= 4 is 5.78 Å². The predicted molar refractivity (Wildman–Crippen MR) is 69.8 cm³/mol. The monoisotopic (exact) mass is 240 g/mol. The third-order valence-electron chi connectivity index (χ3n) is 3.66. The zero-order valence-corrected chi connectivity index (χ0v) is 10.5. The van der Waals surface area contributed by atoms with Crippen LogP contribution in [0.3, 0.4) is 0 Å². The van der Waals surface area contributed by atoms with Crippen molar-refractivity contribution in [2.75, 3.05) is 0 Å². The highest BCUT2D eigenvalue weighted by Crippen LogP contribution is 2.23. The highest BCUT2D eigenvalue weighted by Gasteiger charge is 2.14. The number of rotatable bonds is 3. The number of carbonyl (C=O) groups is 1. The fourth-order valence-corrected chi connectivity index (χ4v) is 2.56. The summed E-state index contributed by atoms with van der Waals surface area (Å²) in [6.07, 6.45) is 7.06. The minimum atomic E-state index is 0.158. The molecule has 3 nitrogen and oxygen atoms in total. The highest BCUT2D eigenvalue weighted by atomic mass is 16.1. The maximum Gasteiger partial charge on any atom is 0.182 e. The van der Waals surface area contributed by atoms with Crippen molar-refractivity contribution in [3.05, 3.63) is 53.1 Å². The first-order chi connectivity index (χ1) is 8.74. The second-order valence-electron chi connectivity index (χ2n) is 4.86. The molecule has 0 N–H and O–H groups in total. The Morgan fingerprint density at radius 3 is 2.94 bits per heavy atom. The average molecular weight is 240 g/mol. The molecule has 0 spiro atoms. The minimum Gasteiger partial charge on any atom is -0.327 e. The second-order valence-corrected chi connectivity index (χ2v) is 4.86. The molecule has 1 aliphatic rings. The summed E-state index contributed by atoms with van der Waals surface area (Å²) in [5.74, 6) is 1.04. The molecule has 0 amide bonds. The molecule has 0 aliphatic heterocycles. The molecule has 0 unspecified atom stereocenters. The van der Waals surface area contributed by atoms with Gasteiger partial charge in [-0.25, -0.2) is 4.98 Å². The lowest BCUT2D eigenvalue weighted by Crippen LogP contribution is -2.11.